The number of nitro groups is 1. The molecule has 5 nitrogen and oxygen atoms in total. The molecular weight excluding hydrogens is 298 g/mol. The minimum Gasteiger partial charge on any atom is -0.285 e. The van der Waals surface area contributed by atoms with E-state index in [2.05, 4.69) is 0 Å². The van der Waals surface area contributed by atoms with E-state index >= 15 is 0 Å². The fraction of sp³-hybridized carbons (Fsp3) is 0.444. The van der Waals surface area contributed by atoms with Crippen LogP contribution < -0.4 is 4.73 Å². The number of aromatic nitrogens is 1. The lowest BCUT2D eigenvalue weighted by molar-refractivity contribution is -0.915. The highest BCUT2D eigenvalue weighted by molar-refractivity contribution is 5.31. The maximum atomic E-state index is 12.2. The van der Waals surface area contributed by atoms with Crippen molar-refractivity contribution in [3.05, 3.63) is 33.6 Å². The minimum atomic E-state index is -4.84. The van der Waals surface area contributed by atoms with E-state index < -0.39 is 47.2 Å². The Balaban J connectivity index is 3.33. The maximum Gasteiger partial charge on any atom is 0.399 e. The molecule has 0 saturated heterocycles. The second-order valence-electron chi connectivity index (χ2n) is 3.85. The smallest absolute Gasteiger partial charge is 0.285 e. The zero-order valence-electron chi connectivity index (χ0n) is 9.49. The van der Waals surface area contributed by atoms with Gasteiger partial charge in [0.1, 0.15) is 12.8 Å². The molecule has 1 heterocycles. The third kappa shape index (κ3) is 4.55. The Kier molecular flexibility index (Phi) is 4.10. The van der Waals surface area contributed by atoms with E-state index in [-0.39, 0.29) is 4.73 Å². The number of halogens is 6. The lowest BCUT2D eigenvalue weighted by Gasteiger charge is -2.07. The van der Waals surface area contributed by atoms with Crippen LogP contribution in [0.2, 0.25) is 0 Å². The van der Waals surface area contributed by atoms with Crippen LogP contribution in [-0.2, 0) is 12.8 Å². The van der Waals surface area contributed by atoms with Crippen molar-refractivity contribution in [3.63, 3.8) is 0 Å². The Morgan fingerprint density at radius 2 is 1.40 bits per heavy atom. The minimum absolute atomic E-state index is 0.325. The molecule has 0 aliphatic heterocycles. The molecule has 0 aliphatic rings. The molecule has 0 aliphatic carbocycles. The van der Waals surface area contributed by atoms with E-state index in [1.54, 1.807) is 0 Å². The van der Waals surface area contributed by atoms with Crippen LogP contribution in [0.5, 0.6) is 0 Å². The van der Waals surface area contributed by atoms with Gasteiger partial charge in [0.25, 0.3) is 5.69 Å². The second kappa shape index (κ2) is 5.13. The molecule has 112 valence electrons. The SMILES string of the molecule is O=[N+]([O-])c1cc(CC(F)(F)F)[n+](O)c(CC(F)(F)F)c1. The van der Waals surface area contributed by atoms with Gasteiger partial charge in [-0.2, -0.15) is 26.3 Å². The van der Waals surface area contributed by atoms with Crippen molar-refractivity contribution < 1.29 is 41.2 Å². The molecule has 11 heteroatoms. The van der Waals surface area contributed by atoms with Gasteiger partial charge in [-0.3, -0.25) is 15.3 Å². The number of hydrogen-bond acceptors (Lipinski definition) is 3. The van der Waals surface area contributed by atoms with Gasteiger partial charge in [0.15, 0.2) is 0 Å². The maximum absolute atomic E-state index is 12.2. The third-order valence-corrected chi connectivity index (χ3v) is 2.15. The van der Waals surface area contributed by atoms with Crippen LogP contribution in [0.25, 0.3) is 0 Å². The molecule has 1 N–H and O–H groups in total. The summed E-state index contributed by atoms with van der Waals surface area (Å²) < 4.78 is 72.9. The van der Waals surface area contributed by atoms with Crippen LogP contribution in [0.4, 0.5) is 32.0 Å². The third-order valence-electron chi connectivity index (χ3n) is 2.15. The van der Waals surface area contributed by atoms with Gasteiger partial charge < -0.3 is 0 Å². The summed E-state index contributed by atoms with van der Waals surface area (Å²) in [6.07, 6.45) is -13.3. The Hall–Kier alpha value is -2.07. The Morgan fingerprint density at radius 1 is 1.05 bits per heavy atom. The van der Waals surface area contributed by atoms with Crippen LogP contribution in [0.1, 0.15) is 11.4 Å². The quantitative estimate of drug-likeness (QED) is 0.306. The van der Waals surface area contributed by atoms with E-state index in [0.717, 1.165) is 0 Å². The summed E-state index contributed by atoms with van der Waals surface area (Å²) >= 11 is 0. The molecule has 1 rings (SSSR count). The highest BCUT2D eigenvalue weighted by Crippen LogP contribution is 2.25. The molecular formula is C9H7F6N2O3+. The van der Waals surface area contributed by atoms with E-state index in [9.17, 15) is 41.7 Å². The average Bonchev–Trinajstić information content (AvgIpc) is 2.19. The summed E-state index contributed by atoms with van der Waals surface area (Å²) in [6.45, 7) is 0. The average molecular weight is 305 g/mol. The summed E-state index contributed by atoms with van der Waals surface area (Å²) in [4.78, 5) is 9.36. The predicted octanol–water partition coefficient (Wildman–Crippen LogP) is 2.33. The largest absolute Gasteiger partial charge is 0.399 e. The van der Waals surface area contributed by atoms with E-state index in [1.165, 1.54) is 0 Å². The molecule has 0 fully saturated rings. The van der Waals surface area contributed by atoms with Crippen LogP contribution in [0.3, 0.4) is 0 Å². The van der Waals surface area contributed by atoms with Gasteiger partial charge in [-0.05, 0) is 0 Å². The first-order chi connectivity index (χ1) is 8.89. The summed E-state index contributed by atoms with van der Waals surface area (Å²) in [5.41, 5.74) is -3.06. The molecule has 0 amide bonds. The van der Waals surface area contributed by atoms with Crippen LogP contribution in [0.15, 0.2) is 12.1 Å². The van der Waals surface area contributed by atoms with Crippen molar-refractivity contribution in [3.8, 4) is 0 Å². The summed E-state index contributed by atoms with van der Waals surface area (Å²) in [6, 6.07) is 0.737. The molecule has 0 unspecified atom stereocenters. The fourth-order valence-electron chi connectivity index (χ4n) is 1.46. The van der Waals surface area contributed by atoms with Gasteiger partial charge in [0, 0.05) is 4.73 Å². The standard InChI is InChI=1S/C9H7F6N2O3/c10-8(11,12)3-6-1-5(17(19)20)2-7(16(6)18)4-9(13,14)15/h1-2,18H,3-4H2/q+1. The van der Waals surface area contributed by atoms with Crippen LogP contribution in [-0.4, -0.2) is 22.5 Å². The van der Waals surface area contributed by atoms with E-state index in [0.29, 0.717) is 12.1 Å². The highest BCUT2D eigenvalue weighted by atomic mass is 19.4. The first kappa shape index (κ1) is 16.0. The number of alkyl halides is 6. The number of nitrogens with zero attached hydrogens (tertiary/aromatic N) is 2. The lowest BCUT2D eigenvalue weighted by Crippen LogP contribution is -2.43. The van der Waals surface area contributed by atoms with E-state index in [4.69, 9.17) is 0 Å². The monoisotopic (exact) mass is 305 g/mol. The fourth-order valence-corrected chi connectivity index (χ4v) is 1.46. The van der Waals surface area contributed by atoms with Crippen LogP contribution in [0, 0.1) is 10.1 Å². The van der Waals surface area contributed by atoms with Crippen molar-refractivity contribution in [1.29, 1.82) is 0 Å². The van der Waals surface area contributed by atoms with Gasteiger partial charge >= 0.3 is 12.4 Å². The first-order valence-corrected chi connectivity index (χ1v) is 4.94. The zero-order chi connectivity index (χ0) is 15.7. The molecule has 0 spiro atoms. The van der Waals surface area contributed by atoms with Gasteiger partial charge in [0.2, 0.25) is 11.4 Å². The van der Waals surface area contributed by atoms with Crippen molar-refractivity contribution >= 4 is 5.69 Å². The molecule has 0 aromatic carbocycles. The first-order valence-electron chi connectivity index (χ1n) is 4.94. The molecule has 1 aromatic heterocycles. The highest BCUT2D eigenvalue weighted by Gasteiger charge is 2.39. The Labute approximate surface area is 107 Å². The number of rotatable bonds is 3. The summed E-state index contributed by atoms with van der Waals surface area (Å²) in [7, 11) is 0. The van der Waals surface area contributed by atoms with Gasteiger partial charge in [0.05, 0.1) is 17.1 Å². The van der Waals surface area contributed by atoms with E-state index in [1.807, 2.05) is 0 Å². The topological polar surface area (TPSA) is 67.2 Å². The molecule has 0 radical (unpaired) electrons. The number of hydrogen-bond donors (Lipinski definition) is 1. The van der Waals surface area contributed by atoms with Crippen molar-refractivity contribution in [2.24, 2.45) is 0 Å². The van der Waals surface area contributed by atoms with Crippen LogP contribution >= 0.6 is 0 Å². The Morgan fingerprint density at radius 3 is 1.65 bits per heavy atom. The number of pyridine rings is 1. The normalized spacial score (nSPS) is 12.5. The summed E-state index contributed by atoms with van der Waals surface area (Å²) in [5.74, 6) is 0. The van der Waals surface area contributed by atoms with Gasteiger partial charge in [-0.1, -0.05) is 0 Å². The second-order valence-corrected chi connectivity index (χ2v) is 3.85. The van der Waals surface area contributed by atoms with Crippen molar-refractivity contribution in [1.82, 2.24) is 0 Å². The molecule has 20 heavy (non-hydrogen) atoms. The van der Waals surface area contributed by atoms with Gasteiger partial charge in [-0.15, -0.1) is 0 Å². The molecule has 0 bridgehead atoms. The lowest BCUT2D eigenvalue weighted by atomic mass is 10.2. The zero-order valence-corrected chi connectivity index (χ0v) is 9.49. The molecule has 0 atom stereocenters. The Bertz CT molecular complexity index is 488. The molecule has 0 saturated carbocycles. The van der Waals surface area contributed by atoms with Crippen molar-refractivity contribution in [2.45, 2.75) is 25.2 Å². The molecule has 1 aromatic rings. The van der Waals surface area contributed by atoms with Gasteiger partial charge in [-0.25, -0.2) is 0 Å². The predicted molar refractivity (Wildman–Crippen MR) is 50.0 cm³/mol. The summed E-state index contributed by atoms with van der Waals surface area (Å²) in [5, 5.41) is 19.8. The van der Waals surface area contributed by atoms with Crippen molar-refractivity contribution in [2.75, 3.05) is 0 Å².